The second-order valence-electron chi connectivity index (χ2n) is 4.96. The number of rotatable bonds is 6. The Morgan fingerprint density at radius 3 is 3.05 bits per heavy atom. The van der Waals surface area contributed by atoms with Gasteiger partial charge in [0.25, 0.3) is 5.91 Å². The summed E-state index contributed by atoms with van der Waals surface area (Å²) in [6, 6.07) is 2.09. The molecule has 0 radical (unpaired) electrons. The van der Waals surface area contributed by atoms with Crippen molar-refractivity contribution in [2.45, 2.75) is 25.3 Å². The number of carbonyl (C=O) groups is 2. The Bertz CT molecular complexity index is 447. The number of amides is 2. The molecule has 1 saturated heterocycles. The second-order valence-corrected chi connectivity index (χ2v) is 5.74. The lowest BCUT2D eigenvalue weighted by Crippen LogP contribution is -2.42. The molecule has 6 heteroatoms. The van der Waals surface area contributed by atoms with Gasteiger partial charge < -0.3 is 15.5 Å². The van der Waals surface area contributed by atoms with Gasteiger partial charge in [-0.05, 0) is 31.3 Å². The summed E-state index contributed by atoms with van der Waals surface area (Å²) < 4.78 is 0. The van der Waals surface area contributed by atoms with Gasteiger partial charge in [-0.3, -0.25) is 9.59 Å². The Kier molecular flexibility index (Phi) is 5.55. The molecule has 1 aromatic heterocycles. The number of nitrogens with one attached hydrogen (secondary N) is 2. The highest BCUT2D eigenvalue weighted by molar-refractivity contribution is 7.08. The number of hydrogen-bond acceptors (Lipinski definition) is 4. The Hall–Kier alpha value is -1.40. The molecular formula is C14H21N3O2S. The van der Waals surface area contributed by atoms with Gasteiger partial charge in [-0.2, -0.15) is 11.3 Å². The lowest BCUT2D eigenvalue weighted by molar-refractivity contribution is -0.131. The third-order valence-electron chi connectivity index (χ3n) is 3.55. The standard InChI is InChI=1S/C14H21N3O2S/c1-15-9-12-3-2-7-17(12)13(18)4-6-16-14(19)11-5-8-20-10-11/h5,8,10,12,15H,2-4,6-7,9H2,1H3,(H,16,19). The topological polar surface area (TPSA) is 61.4 Å². The minimum atomic E-state index is -0.104. The fraction of sp³-hybridized carbons (Fsp3) is 0.571. The van der Waals surface area contributed by atoms with Crippen LogP contribution in [-0.4, -0.2) is 49.4 Å². The quantitative estimate of drug-likeness (QED) is 0.825. The van der Waals surface area contributed by atoms with Gasteiger partial charge in [-0.25, -0.2) is 0 Å². The summed E-state index contributed by atoms with van der Waals surface area (Å²) in [6.07, 6.45) is 2.50. The fourth-order valence-electron chi connectivity index (χ4n) is 2.53. The molecule has 1 aliphatic rings. The lowest BCUT2D eigenvalue weighted by Gasteiger charge is -2.24. The summed E-state index contributed by atoms with van der Waals surface area (Å²) in [5, 5.41) is 9.59. The van der Waals surface area contributed by atoms with E-state index in [1.165, 1.54) is 11.3 Å². The molecule has 1 aromatic rings. The summed E-state index contributed by atoms with van der Waals surface area (Å²) in [4.78, 5) is 25.8. The van der Waals surface area contributed by atoms with Crippen LogP contribution in [0.1, 0.15) is 29.6 Å². The zero-order chi connectivity index (χ0) is 14.4. The maximum atomic E-state index is 12.1. The molecule has 0 spiro atoms. The van der Waals surface area contributed by atoms with Crippen molar-refractivity contribution in [1.29, 1.82) is 0 Å². The molecule has 1 atom stereocenters. The van der Waals surface area contributed by atoms with Crippen molar-refractivity contribution in [2.75, 3.05) is 26.7 Å². The third-order valence-corrected chi connectivity index (χ3v) is 4.23. The van der Waals surface area contributed by atoms with Crippen LogP contribution in [0.15, 0.2) is 16.8 Å². The Labute approximate surface area is 123 Å². The molecule has 2 heterocycles. The molecule has 110 valence electrons. The molecule has 2 amide bonds. The number of likely N-dealkylation sites (tertiary alicyclic amines) is 1. The summed E-state index contributed by atoms with van der Waals surface area (Å²) >= 11 is 1.49. The molecule has 1 fully saturated rings. The summed E-state index contributed by atoms with van der Waals surface area (Å²) in [6.45, 7) is 2.08. The van der Waals surface area contributed by atoms with Crippen molar-refractivity contribution in [1.82, 2.24) is 15.5 Å². The molecule has 1 aliphatic heterocycles. The van der Waals surface area contributed by atoms with Gasteiger partial charge in [-0.1, -0.05) is 0 Å². The van der Waals surface area contributed by atoms with Crippen molar-refractivity contribution in [3.8, 4) is 0 Å². The minimum absolute atomic E-state index is 0.104. The summed E-state index contributed by atoms with van der Waals surface area (Å²) in [5.74, 6) is 0.0283. The number of likely N-dealkylation sites (N-methyl/N-ethyl adjacent to an activating group) is 1. The van der Waals surface area contributed by atoms with Crippen molar-refractivity contribution in [2.24, 2.45) is 0 Å². The predicted molar refractivity (Wildman–Crippen MR) is 79.9 cm³/mol. The lowest BCUT2D eigenvalue weighted by atomic mass is 10.2. The summed E-state index contributed by atoms with van der Waals surface area (Å²) in [7, 11) is 1.90. The summed E-state index contributed by atoms with van der Waals surface area (Å²) in [5.41, 5.74) is 0.664. The number of carbonyl (C=O) groups excluding carboxylic acids is 2. The van der Waals surface area contributed by atoms with E-state index in [0.717, 1.165) is 25.9 Å². The first-order valence-corrected chi connectivity index (χ1v) is 7.91. The molecule has 0 aliphatic carbocycles. The van der Waals surface area contributed by atoms with Crippen LogP contribution < -0.4 is 10.6 Å². The van der Waals surface area contributed by atoms with Crippen LogP contribution in [0, 0.1) is 0 Å². The van der Waals surface area contributed by atoms with Crippen LogP contribution in [0.3, 0.4) is 0 Å². The molecule has 20 heavy (non-hydrogen) atoms. The van der Waals surface area contributed by atoms with Gasteiger partial charge in [0.2, 0.25) is 5.91 Å². The number of thiophene rings is 1. The molecular weight excluding hydrogens is 274 g/mol. The first-order chi connectivity index (χ1) is 9.72. The maximum absolute atomic E-state index is 12.1. The predicted octanol–water partition coefficient (Wildman–Crippen LogP) is 1.08. The molecule has 0 aromatic carbocycles. The van der Waals surface area contributed by atoms with Crippen LogP contribution in [0.5, 0.6) is 0 Å². The highest BCUT2D eigenvalue weighted by atomic mass is 32.1. The Morgan fingerprint density at radius 1 is 1.50 bits per heavy atom. The van der Waals surface area contributed by atoms with Crippen molar-refractivity contribution < 1.29 is 9.59 Å². The van der Waals surface area contributed by atoms with Gasteiger partial charge >= 0.3 is 0 Å². The highest BCUT2D eigenvalue weighted by Gasteiger charge is 2.27. The van der Waals surface area contributed by atoms with Crippen molar-refractivity contribution in [3.05, 3.63) is 22.4 Å². The number of hydrogen-bond donors (Lipinski definition) is 2. The van der Waals surface area contributed by atoms with E-state index in [9.17, 15) is 9.59 Å². The van der Waals surface area contributed by atoms with Gasteiger partial charge in [0.15, 0.2) is 0 Å². The van der Waals surface area contributed by atoms with E-state index in [1.54, 1.807) is 11.4 Å². The molecule has 0 saturated carbocycles. The van der Waals surface area contributed by atoms with Crippen LogP contribution in [0.4, 0.5) is 0 Å². The largest absolute Gasteiger partial charge is 0.351 e. The maximum Gasteiger partial charge on any atom is 0.252 e. The van der Waals surface area contributed by atoms with E-state index in [0.29, 0.717) is 24.6 Å². The van der Waals surface area contributed by atoms with E-state index < -0.39 is 0 Å². The van der Waals surface area contributed by atoms with Crippen molar-refractivity contribution in [3.63, 3.8) is 0 Å². The molecule has 0 bridgehead atoms. The smallest absolute Gasteiger partial charge is 0.252 e. The van der Waals surface area contributed by atoms with Gasteiger partial charge in [0.05, 0.1) is 0 Å². The first-order valence-electron chi connectivity index (χ1n) is 6.97. The average molecular weight is 295 g/mol. The van der Waals surface area contributed by atoms with Crippen LogP contribution in [0.25, 0.3) is 0 Å². The molecule has 5 nitrogen and oxygen atoms in total. The van der Waals surface area contributed by atoms with Crippen LogP contribution in [-0.2, 0) is 4.79 Å². The first kappa shape index (κ1) is 15.0. The van der Waals surface area contributed by atoms with E-state index in [-0.39, 0.29) is 11.8 Å². The normalized spacial score (nSPS) is 18.2. The zero-order valence-electron chi connectivity index (χ0n) is 11.7. The molecule has 1 unspecified atom stereocenters. The monoisotopic (exact) mass is 295 g/mol. The Morgan fingerprint density at radius 2 is 2.35 bits per heavy atom. The van der Waals surface area contributed by atoms with E-state index in [1.807, 2.05) is 17.3 Å². The third kappa shape index (κ3) is 3.80. The number of nitrogens with zero attached hydrogens (tertiary/aromatic N) is 1. The van der Waals surface area contributed by atoms with Crippen LogP contribution in [0.2, 0.25) is 0 Å². The Balaban J connectivity index is 1.73. The average Bonchev–Trinajstić information content (AvgIpc) is 3.10. The second kappa shape index (κ2) is 7.40. The van der Waals surface area contributed by atoms with E-state index in [4.69, 9.17) is 0 Å². The van der Waals surface area contributed by atoms with Crippen molar-refractivity contribution >= 4 is 23.2 Å². The van der Waals surface area contributed by atoms with Gasteiger partial charge in [0.1, 0.15) is 0 Å². The fourth-order valence-corrected chi connectivity index (χ4v) is 3.17. The minimum Gasteiger partial charge on any atom is -0.351 e. The van der Waals surface area contributed by atoms with Gasteiger partial charge in [0, 0.05) is 43.0 Å². The van der Waals surface area contributed by atoms with E-state index >= 15 is 0 Å². The SMILES string of the molecule is CNCC1CCCN1C(=O)CCNC(=O)c1ccsc1. The van der Waals surface area contributed by atoms with E-state index in [2.05, 4.69) is 10.6 Å². The zero-order valence-corrected chi connectivity index (χ0v) is 12.5. The molecule has 2 rings (SSSR count). The highest BCUT2D eigenvalue weighted by Crippen LogP contribution is 2.17. The molecule has 2 N–H and O–H groups in total. The van der Waals surface area contributed by atoms with Crippen LogP contribution >= 0.6 is 11.3 Å². The van der Waals surface area contributed by atoms with Gasteiger partial charge in [-0.15, -0.1) is 0 Å².